The molecule has 0 radical (unpaired) electrons. The van der Waals surface area contributed by atoms with Gasteiger partial charge in [-0.15, -0.1) is 0 Å². The molecule has 100 valence electrons. The Hall–Kier alpha value is -1.20. The summed E-state index contributed by atoms with van der Waals surface area (Å²) in [6.45, 7) is 0.885. The Morgan fingerprint density at radius 1 is 0.947 bits per heavy atom. The van der Waals surface area contributed by atoms with Gasteiger partial charge in [-0.3, -0.25) is 0 Å². The van der Waals surface area contributed by atoms with E-state index in [0.29, 0.717) is 24.7 Å². The van der Waals surface area contributed by atoms with Gasteiger partial charge in [-0.05, 0) is 46.3 Å². The lowest BCUT2D eigenvalue weighted by Crippen LogP contribution is -2.10. The highest BCUT2D eigenvalue weighted by Crippen LogP contribution is 2.30. The average Bonchev–Trinajstić information content (AvgIpc) is 2.37. The fourth-order valence-corrected chi connectivity index (χ4v) is 2.41. The van der Waals surface area contributed by atoms with Crippen LogP contribution in [0, 0.1) is 0 Å². The Bertz CT molecular complexity index is 541. The molecular weight excluding hydrogens is 374 g/mol. The Labute approximate surface area is 129 Å². The van der Waals surface area contributed by atoms with Gasteiger partial charge in [0.25, 0.3) is 0 Å². The van der Waals surface area contributed by atoms with Gasteiger partial charge < -0.3 is 15.2 Å². The minimum absolute atomic E-state index is 0.430. The van der Waals surface area contributed by atoms with E-state index in [9.17, 15) is 0 Å². The highest BCUT2D eigenvalue weighted by atomic mass is 79.9. The molecule has 0 atom stereocenters. The maximum absolute atomic E-state index is 5.83. The zero-order valence-electron chi connectivity index (χ0n) is 10.1. The van der Waals surface area contributed by atoms with Crippen LogP contribution in [0.1, 0.15) is 0 Å². The number of anilines is 1. The first-order chi connectivity index (χ1) is 9.16. The summed E-state index contributed by atoms with van der Waals surface area (Å²) in [5.74, 6) is 1.46. The van der Waals surface area contributed by atoms with Crippen LogP contribution >= 0.6 is 31.9 Å². The van der Waals surface area contributed by atoms with Crippen LogP contribution in [0.3, 0.4) is 0 Å². The number of nitrogen functional groups attached to an aromatic ring is 1. The molecule has 0 fully saturated rings. The van der Waals surface area contributed by atoms with Gasteiger partial charge in [-0.25, -0.2) is 0 Å². The van der Waals surface area contributed by atoms with Crippen molar-refractivity contribution in [1.29, 1.82) is 0 Å². The summed E-state index contributed by atoms with van der Waals surface area (Å²) in [7, 11) is 0. The van der Waals surface area contributed by atoms with E-state index in [-0.39, 0.29) is 0 Å². The summed E-state index contributed by atoms with van der Waals surface area (Å²) < 4.78 is 13.0. The fraction of sp³-hybridized carbons (Fsp3) is 0.143. The maximum Gasteiger partial charge on any atom is 0.156 e. The van der Waals surface area contributed by atoms with Crippen molar-refractivity contribution in [1.82, 2.24) is 0 Å². The van der Waals surface area contributed by atoms with Crippen molar-refractivity contribution in [3.05, 3.63) is 51.4 Å². The second-order valence-corrected chi connectivity index (χ2v) is 5.58. The number of hydrogen-bond acceptors (Lipinski definition) is 3. The molecule has 3 nitrogen and oxygen atoms in total. The lowest BCUT2D eigenvalue weighted by Gasteiger charge is -2.11. The van der Waals surface area contributed by atoms with E-state index >= 15 is 0 Å². The van der Waals surface area contributed by atoms with Gasteiger partial charge in [0, 0.05) is 4.47 Å². The van der Waals surface area contributed by atoms with Crippen LogP contribution in [0.2, 0.25) is 0 Å². The maximum atomic E-state index is 5.83. The number of benzene rings is 2. The first-order valence-corrected chi connectivity index (χ1v) is 7.30. The van der Waals surface area contributed by atoms with Crippen molar-refractivity contribution in [2.75, 3.05) is 18.9 Å². The molecule has 19 heavy (non-hydrogen) atoms. The first kappa shape index (κ1) is 14.2. The quantitative estimate of drug-likeness (QED) is 0.617. The third-order valence-corrected chi connectivity index (χ3v) is 3.51. The highest BCUT2D eigenvalue weighted by Gasteiger charge is 2.04. The molecule has 2 rings (SSSR count). The van der Waals surface area contributed by atoms with Gasteiger partial charge in [0.2, 0.25) is 0 Å². The molecule has 2 aromatic rings. The zero-order chi connectivity index (χ0) is 13.7. The van der Waals surface area contributed by atoms with E-state index in [1.807, 2.05) is 36.4 Å². The van der Waals surface area contributed by atoms with E-state index in [0.717, 1.165) is 14.7 Å². The number of rotatable bonds is 5. The summed E-state index contributed by atoms with van der Waals surface area (Å²) in [5, 5.41) is 0. The van der Waals surface area contributed by atoms with E-state index in [1.54, 1.807) is 6.07 Å². The fourth-order valence-electron chi connectivity index (χ4n) is 1.54. The van der Waals surface area contributed by atoms with Crippen LogP contribution in [-0.2, 0) is 0 Å². The average molecular weight is 387 g/mol. The van der Waals surface area contributed by atoms with Crippen molar-refractivity contribution < 1.29 is 9.47 Å². The van der Waals surface area contributed by atoms with Gasteiger partial charge in [0.1, 0.15) is 19.0 Å². The monoisotopic (exact) mass is 385 g/mol. The minimum atomic E-state index is 0.430. The summed E-state index contributed by atoms with van der Waals surface area (Å²) in [6, 6.07) is 13.2. The van der Waals surface area contributed by atoms with Crippen LogP contribution in [0.4, 0.5) is 5.69 Å². The molecular formula is C14H13Br2NO2. The summed E-state index contributed by atoms with van der Waals surface area (Å²) in [4.78, 5) is 0. The van der Waals surface area contributed by atoms with Crippen molar-refractivity contribution in [2.45, 2.75) is 0 Å². The SMILES string of the molecule is Nc1cccc(Br)c1OCCOc1cccc(Br)c1. The molecule has 0 saturated heterocycles. The van der Waals surface area contributed by atoms with E-state index < -0.39 is 0 Å². The minimum Gasteiger partial charge on any atom is -0.490 e. The number of halogens is 2. The number of hydrogen-bond donors (Lipinski definition) is 1. The molecule has 0 spiro atoms. The molecule has 0 aromatic heterocycles. The second kappa shape index (κ2) is 6.82. The molecule has 0 aliphatic heterocycles. The van der Waals surface area contributed by atoms with Gasteiger partial charge >= 0.3 is 0 Å². The van der Waals surface area contributed by atoms with Crippen LogP contribution in [0.25, 0.3) is 0 Å². The van der Waals surface area contributed by atoms with E-state index in [1.165, 1.54) is 0 Å². The van der Waals surface area contributed by atoms with Crippen molar-refractivity contribution in [3.8, 4) is 11.5 Å². The molecule has 5 heteroatoms. The van der Waals surface area contributed by atoms with Crippen molar-refractivity contribution in [3.63, 3.8) is 0 Å². The lowest BCUT2D eigenvalue weighted by molar-refractivity contribution is 0.217. The predicted molar refractivity (Wildman–Crippen MR) is 83.7 cm³/mol. The molecule has 0 aliphatic rings. The number of para-hydroxylation sites is 1. The molecule has 0 amide bonds. The van der Waals surface area contributed by atoms with Crippen LogP contribution in [0.15, 0.2) is 51.4 Å². The molecule has 2 N–H and O–H groups in total. The Morgan fingerprint density at radius 2 is 1.68 bits per heavy atom. The molecule has 0 unspecified atom stereocenters. The lowest BCUT2D eigenvalue weighted by atomic mass is 10.3. The Kier molecular flexibility index (Phi) is 5.10. The first-order valence-electron chi connectivity index (χ1n) is 5.72. The summed E-state index contributed by atoms with van der Waals surface area (Å²) >= 11 is 6.79. The van der Waals surface area contributed by atoms with Crippen LogP contribution < -0.4 is 15.2 Å². The molecule has 0 saturated carbocycles. The van der Waals surface area contributed by atoms with Gasteiger partial charge in [0.05, 0.1) is 10.2 Å². The van der Waals surface area contributed by atoms with Crippen molar-refractivity contribution >= 4 is 37.5 Å². The van der Waals surface area contributed by atoms with E-state index in [4.69, 9.17) is 15.2 Å². The Morgan fingerprint density at radius 3 is 2.42 bits per heavy atom. The topological polar surface area (TPSA) is 44.5 Å². The summed E-state index contributed by atoms with van der Waals surface area (Å²) in [5.41, 5.74) is 6.44. The molecule has 2 aromatic carbocycles. The number of ether oxygens (including phenoxy) is 2. The van der Waals surface area contributed by atoms with Gasteiger partial charge in [0.15, 0.2) is 5.75 Å². The number of nitrogens with two attached hydrogens (primary N) is 1. The highest BCUT2D eigenvalue weighted by molar-refractivity contribution is 9.10. The largest absolute Gasteiger partial charge is 0.490 e. The summed E-state index contributed by atoms with van der Waals surface area (Å²) in [6.07, 6.45) is 0. The van der Waals surface area contributed by atoms with Crippen LogP contribution in [0.5, 0.6) is 11.5 Å². The third-order valence-electron chi connectivity index (χ3n) is 2.39. The molecule has 0 heterocycles. The third kappa shape index (κ3) is 4.14. The van der Waals surface area contributed by atoms with Crippen LogP contribution in [-0.4, -0.2) is 13.2 Å². The zero-order valence-corrected chi connectivity index (χ0v) is 13.3. The smallest absolute Gasteiger partial charge is 0.156 e. The predicted octanol–water partition coefficient (Wildman–Crippen LogP) is 4.25. The van der Waals surface area contributed by atoms with Crippen molar-refractivity contribution in [2.24, 2.45) is 0 Å². The normalized spacial score (nSPS) is 10.2. The second-order valence-electron chi connectivity index (χ2n) is 3.81. The standard InChI is InChI=1S/C14H13Br2NO2/c15-10-3-1-4-11(9-10)18-7-8-19-14-12(16)5-2-6-13(14)17/h1-6,9H,7-8,17H2. The Balaban J connectivity index is 1.84. The van der Waals surface area contributed by atoms with E-state index in [2.05, 4.69) is 31.9 Å². The molecule has 0 aliphatic carbocycles. The van der Waals surface area contributed by atoms with Gasteiger partial charge in [-0.2, -0.15) is 0 Å². The molecule has 0 bridgehead atoms. The van der Waals surface area contributed by atoms with Gasteiger partial charge in [-0.1, -0.05) is 28.1 Å².